The Kier molecular flexibility index (Phi) is 5.89. The van der Waals surface area contributed by atoms with Crippen LogP contribution in [0.3, 0.4) is 0 Å². The molecular formula is C14H28N2O2. The van der Waals surface area contributed by atoms with Gasteiger partial charge in [0.1, 0.15) is 0 Å². The van der Waals surface area contributed by atoms with Crippen molar-refractivity contribution >= 4 is 0 Å². The predicted octanol–water partition coefficient (Wildman–Crippen LogP) is 0.969. The monoisotopic (exact) mass is 256 g/mol. The maximum absolute atomic E-state index is 5.65. The Morgan fingerprint density at radius 2 is 2.28 bits per heavy atom. The molecule has 0 aromatic rings. The summed E-state index contributed by atoms with van der Waals surface area (Å²) in [5.41, 5.74) is 0. The molecule has 106 valence electrons. The third-order valence-corrected chi connectivity index (χ3v) is 4.21. The molecule has 1 N–H and O–H groups in total. The molecule has 2 rings (SSSR count). The van der Waals surface area contributed by atoms with Crippen LogP contribution in [0.2, 0.25) is 0 Å². The van der Waals surface area contributed by atoms with Gasteiger partial charge in [-0.1, -0.05) is 6.92 Å². The lowest BCUT2D eigenvalue weighted by Gasteiger charge is -2.34. The van der Waals surface area contributed by atoms with Gasteiger partial charge in [-0.3, -0.25) is 0 Å². The summed E-state index contributed by atoms with van der Waals surface area (Å²) in [6.07, 6.45) is 2.45. The fraction of sp³-hybridized carbons (Fsp3) is 1.00. The number of nitrogens with zero attached hydrogens (tertiary/aromatic N) is 1. The zero-order valence-electron chi connectivity index (χ0n) is 11.9. The lowest BCUT2D eigenvalue weighted by molar-refractivity contribution is 0.0190. The van der Waals surface area contributed by atoms with E-state index in [4.69, 9.17) is 9.47 Å². The fourth-order valence-corrected chi connectivity index (χ4v) is 3.29. The van der Waals surface area contributed by atoms with E-state index in [1.807, 2.05) is 0 Å². The van der Waals surface area contributed by atoms with Gasteiger partial charge in [-0.25, -0.2) is 0 Å². The lowest BCUT2D eigenvalue weighted by atomic mass is 9.95. The van der Waals surface area contributed by atoms with E-state index >= 15 is 0 Å². The van der Waals surface area contributed by atoms with E-state index in [0.717, 1.165) is 38.7 Å². The molecule has 0 saturated carbocycles. The van der Waals surface area contributed by atoms with E-state index in [9.17, 15) is 0 Å². The van der Waals surface area contributed by atoms with Gasteiger partial charge >= 0.3 is 0 Å². The summed E-state index contributed by atoms with van der Waals surface area (Å²) in [6.45, 7) is 9.60. The molecule has 2 aliphatic rings. The molecule has 4 nitrogen and oxygen atoms in total. The summed E-state index contributed by atoms with van der Waals surface area (Å²) < 4.78 is 10.9. The third-order valence-electron chi connectivity index (χ3n) is 4.21. The standard InChI is InChI=1S/C14H28N2O2/c1-3-15-14-5-7-18-11-13(14)9-16-6-4-12(8-16)10-17-2/h12-15H,3-11H2,1-2H3. The highest BCUT2D eigenvalue weighted by Gasteiger charge is 2.30. The first-order chi connectivity index (χ1) is 8.83. The highest BCUT2D eigenvalue weighted by Crippen LogP contribution is 2.21. The molecular weight excluding hydrogens is 228 g/mol. The summed E-state index contributed by atoms with van der Waals surface area (Å²) in [4.78, 5) is 2.59. The fourth-order valence-electron chi connectivity index (χ4n) is 3.29. The summed E-state index contributed by atoms with van der Waals surface area (Å²) in [7, 11) is 1.80. The first-order valence-corrected chi connectivity index (χ1v) is 7.36. The molecule has 0 radical (unpaired) electrons. The molecule has 2 fully saturated rings. The van der Waals surface area contributed by atoms with Crippen LogP contribution >= 0.6 is 0 Å². The molecule has 3 atom stereocenters. The van der Waals surface area contributed by atoms with Crippen molar-refractivity contribution in [3.8, 4) is 0 Å². The van der Waals surface area contributed by atoms with Crippen molar-refractivity contribution in [2.45, 2.75) is 25.8 Å². The summed E-state index contributed by atoms with van der Waals surface area (Å²) in [5.74, 6) is 1.39. The van der Waals surface area contributed by atoms with Gasteiger partial charge in [0.15, 0.2) is 0 Å². The number of hydrogen-bond acceptors (Lipinski definition) is 4. The van der Waals surface area contributed by atoms with Crippen molar-refractivity contribution in [1.29, 1.82) is 0 Å². The first kappa shape index (κ1) is 14.3. The Morgan fingerprint density at radius 3 is 3.06 bits per heavy atom. The first-order valence-electron chi connectivity index (χ1n) is 7.36. The van der Waals surface area contributed by atoms with Crippen molar-refractivity contribution in [3.05, 3.63) is 0 Å². The lowest BCUT2D eigenvalue weighted by Crippen LogP contribution is -2.47. The van der Waals surface area contributed by atoms with Crippen LogP contribution in [0.5, 0.6) is 0 Å². The van der Waals surface area contributed by atoms with Crippen LogP contribution in [-0.4, -0.2) is 64.1 Å². The summed E-state index contributed by atoms with van der Waals surface area (Å²) in [5, 5.41) is 3.61. The van der Waals surface area contributed by atoms with Crippen molar-refractivity contribution in [2.24, 2.45) is 11.8 Å². The zero-order valence-corrected chi connectivity index (χ0v) is 11.9. The molecule has 0 bridgehead atoms. The number of likely N-dealkylation sites (tertiary alicyclic amines) is 1. The smallest absolute Gasteiger partial charge is 0.0521 e. The predicted molar refractivity (Wildman–Crippen MR) is 72.8 cm³/mol. The third kappa shape index (κ3) is 3.92. The quantitative estimate of drug-likeness (QED) is 0.768. The maximum atomic E-state index is 5.65. The van der Waals surface area contributed by atoms with E-state index in [1.165, 1.54) is 26.1 Å². The van der Waals surface area contributed by atoms with Crippen molar-refractivity contribution in [3.63, 3.8) is 0 Å². The van der Waals surface area contributed by atoms with Gasteiger partial charge in [0.05, 0.1) is 13.2 Å². The molecule has 18 heavy (non-hydrogen) atoms. The highest BCUT2D eigenvalue weighted by molar-refractivity contribution is 4.84. The van der Waals surface area contributed by atoms with E-state index in [-0.39, 0.29) is 0 Å². The molecule has 0 spiro atoms. The van der Waals surface area contributed by atoms with E-state index in [0.29, 0.717) is 12.0 Å². The van der Waals surface area contributed by atoms with Crippen LogP contribution in [0, 0.1) is 11.8 Å². The number of methoxy groups -OCH3 is 1. The van der Waals surface area contributed by atoms with Gasteiger partial charge in [0.25, 0.3) is 0 Å². The van der Waals surface area contributed by atoms with Crippen molar-refractivity contribution < 1.29 is 9.47 Å². The molecule has 4 heteroatoms. The molecule has 0 aromatic heterocycles. The van der Waals surface area contributed by atoms with Crippen LogP contribution in [0.25, 0.3) is 0 Å². The number of nitrogens with one attached hydrogen (secondary N) is 1. The van der Waals surface area contributed by atoms with Crippen molar-refractivity contribution in [2.75, 3.05) is 53.1 Å². The van der Waals surface area contributed by atoms with Crippen LogP contribution in [0.4, 0.5) is 0 Å². The Balaban J connectivity index is 1.77. The summed E-state index contributed by atoms with van der Waals surface area (Å²) >= 11 is 0. The Hall–Kier alpha value is -0.160. The number of rotatable bonds is 6. The normalized spacial score (nSPS) is 34.0. The Morgan fingerprint density at radius 1 is 1.39 bits per heavy atom. The second kappa shape index (κ2) is 7.43. The molecule has 0 aliphatic carbocycles. The minimum absolute atomic E-state index is 0.644. The zero-order chi connectivity index (χ0) is 12.8. The SMILES string of the molecule is CCNC1CCOCC1CN1CCC(COC)C1. The largest absolute Gasteiger partial charge is 0.384 e. The number of hydrogen-bond donors (Lipinski definition) is 1. The van der Waals surface area contributed by atoms with Gasteiger partial charge in [-0.2, -0.15) is 0 Å². The van der Waals surface area contributed by atoms with Crippen molar-refractivity contribution in [1.82, 2.24) is 10.2 Å². The number of ether oxygens (including phenoxy) is 2. The second-order valence-electron chi connectivity index (χ2n) is 5.66. The topological polar surface area (TPSA) is 33.7 Å². The van der Waals surface area contributed by atoms with Gasteiger partial charge in [0, 0.05) is 38.8 Å². The Bertz CT molecular complexity index is 236. The molecule has 0 aromatic carbocycles. The second-order valence-corrected chi connectivity index (χ2v) is 5.66. The van der Waals surface area contributed by atoms with E-state index in [1.54, 1.807) is 7.11 Å². The highest BCUT2D eigenvalue weighted by atomic mass is 16.5. The van der Waals surface area contributed by atoms with Crippen LogP contribution in [0.15, 0.2) is 0 Å². The van der Waals surface area contributed by atoms with Crippen LogP contribution in [0.1, 0.15) is 19.8 Å². The minimum Gasteiger partial charge on any atom is -0.384 e. The Labute approximate surface area is 111 Å². The van der Waals surface area contributed by atoms with E-state index < -0.39 is 0 Å². The minimum atomic E-state index is 0.644. The molecule has 2 saturated heterocycles. The van der Waals surface area contributed by atoms with Crippen LogP contribution < -0.4 is 5.32 Å². The van der Waals surface area contributed by atoms with Gasteiger partial charge in [-0.05, 0) is 31.8 Å². The average Bonchev–Trinajstić information content (AvgIpc) is 2.80. The van der Waals surface area contributed by atoms with Gasteiger partial charge < -0.3 is 19.7 Å². The van der Waals surface area contributed by atoms with E-state index in [2.05, 4.69) is 17.1 Å². The van der Waals surface area contributed by atoms with Crippen LogP contribution in [-0.2, 0) is 9.47 Å². The van der Waals surface area contributed by atoms with Gasteiger partial charge in [-0.15, -0.1) is 0 Å². The maximum Gasteiger partial charge on any atom is 0.0521 e. The average molecular weight is 256 g/mol. The molecule has 0 amide bonds. The summed E-state index contributed by atoms with van der Waals surface area (Å²) in [6, 6.07) is 0.644. The molecule has 2 aliphatic heterocycles. The molecule has 3 unspecified atom stereocenters. The molecule has 2 heterocycles. The van der Waals surface area contributed by atoms with Gasteiger partial charge in [0.2, 0.25) is 0 Å².